The third kappa shape index (κ3) is 5.37. The van der Waals surface area contributed by atoms with Gasteiger partial charge in [-0.25, -0.2) is 4.79 Å². The van der Waals surface area contributed by atoms with E-state index in [1.54, 1.807) is 0 Å². The van der Waals surface area contributed by atoms with Gasteiger partial charge in [-0.2, -0.15) is 0 Å². The first-order chi connectivity index (χ1) is 8.91. The van der Waals surface area contributed by atoms with Gasteiger partial charge in [0.1, 0.15) is 0 Å². The van der Waals surface area contributed by atoms with Gasteiger partial charge in [0.2, 0.25) is 0 Å². The molecule has 0 aromatic carbocycles. The summed E-state index contributed by atoms with van der Waals surface area (Å²) in [5.74, 6) is 0. The van der Waals surface area contributed by atoms with Crippen molar-refractivity contribution in [3.05, 3.63) is 0 Å². The molecular formula is C14H29N3O2. The van der Waals surface area contributed by atoms with Crippen molar-refractivity contribution in [2.75, 3.05) is 20.2 Å². The minimum absolute atomic E-state index is 0.0359. The van der Waals surface area contributed by atoms with Crippen molar-refractivity contribution < 1.29 is 9.90 Å². The number of hydrogen-bond acceptors (Lipinski definition) is 3. The molecule has 5 nitrogen and oxygen atoms in total. The third-order valence-corrected chi connectivity index (χ3v) is 3.94. The fourth-order valence-electron chi connectivity index (χ4n) is 2.28. The third-order valence-electron chi connectivity index (χ3n) is 3.94. The molecule has 1 rings (SSSR count). The number of carbonyl (C=O) groups is 1. The van der Waals surface area contributed by atoms with E-state index in [4.69, 9.17) is 0 Å². The average Bonchev–Trinajstić information content (AvgIpc) is 3.19. The molecule has 0 bridgehead atoms. The predicted molar refractivity (Wildman–Crippen MR) is 77.2 cm³/mol. The summed E-state index contributed by atoms with van der Waals surface area (Å²) < 4.78 is 0. The molecule has 112 valence electrons. The summed E-state index contributed by atoms with van der Waals surface area (Å²) in [7, 11) is 2.11. The Balaban J connectivity index is 2.29. The topological polar surface area (TPSA) is 64.6 Å². The first-order valence-electron chi connectivity index (χ1n) is 7.30. The Bertz CT molecular complexity index is 294. The van der Waals surface area contributed by atoms with Crippen molar-refractivity contribution in [1.29, 1.82) is 0 Å². The summed E-state index contributed by atoms with van der Waals surface area (Å²) in [5.41, 5.74) is -0.523. The van der Waals surface area contributed by atoms with E-state index in [2.05, 4.69) is 29.5 Å². The fraction of sp³-hybridized carbons (Fsp3) is 0.929. The number of urea groups is 1. The molecule has 0 aromatic rings. The standard InChI is InChI=1S/C14H29N3O2/c1-5-8-14(3,10-18)16-13(19)15-9-11(2)17(4)12-6-7-12/h11-12,18H,5-10H2,1-4H3,(H2,15,16,19). The second kappa shape index (κ2) is 7.10. The first-order valence-corrected chi connectivity index (χ1v) is 7.30. The number of amides is 2. The molecule has 3 N–H and O–H groups in total. The minimum atomic E-state index is -0.523. The lowest BCUT2D eigenvalue weighted by Crippen LogP contribution is -2.54. The summed E-state index contributed by atoms with van der Waals surface area (Å²) in [5, 5.41) is 15.1. The second-order valence-corrected chi connectivity index (χ2v) is 6.05. The van der Waals surface area contributed by atoms with Crippen LogP contribution in [0.25, 0.3) is 0 Å². The van der Waals surface area contributed by atoms with Crippen molar-refractivity contribution >= 4 is 6.03 Å². The van der Waals surface area contributed by atoms with Crippen molar-refractivity contribution in [1.82, 2.24) is 15.5 Å². The average molecular weight is 271 g/mol. The van der Waals surface area contributed by atoms with Crippen molar-refractivity contribution in [3.8, 4) is 0 Å². The lowest BCUT2D eigenvalue weighted by Gasteiger charge is -2.29. The van der Waals surface area contributed by atoms with Gasteiger partial charge < -0.3 is 15.7 Å². The van der Waals surface area contributed by atoms with E-state index in [0.717, 1.165) is 12.8 Å². The molecule has 2 unspecified atom stereocenters. The molecule has 19 heavy (non-hydrogen) atoms. The lowest BCUT2D eigenvalue weighted by atomic mass is 9.98. The summed E-state index contributed by atoms with van der Waals surface area (Å²) in [4.78, 5) is 14.2. The number of carbonyl (C=O) groups excluding carboxylic acids is 1. The van der Waals surface area contributed by atoms with Crippen LogP contribution in [0.2, 0.25) is 0 Å². The monoisotopic (exact) mass is 271 g/mol. The molecule has 0 aromatic heterocycles. The van der Waals surface area contributed by atoms with E-state index in [1.165, 1.54) is 12.8 Å². The van der Waals surface area contributed by atoms with Gasteiger partial charge in [-0.05, 0) is 40.2 Å². The number of likely N-dealkylation sites (N-methyl/N-ethyl adjacent to an activating group) is 1. The van der Waals surface area contributed by atoms with E-state index in [0.29, 0.717) is 18.6 Å². The maximum Gasteiger partial charge on any atom is 0.315 e. The molecule has 5 heteroatoms. The molecule has 1 aliphatic rings. The number of nitrogens with zero attached hydrogens (tertiary/aromatic N) is 1. The van der Waals surface area contributed by atoms with Crippen LogP contribution in [0.5, 0.6) is 0 Å². The Kier molecular flexibility index (Phi) is 6.07. The van der Waals surface area contributed by atoms with Gasteiger partial charge in [0.25, 0.3) is 0 Å². The molecule has 2 atom stereocenters. The Morgan fingerprint density at radius 2 is 2.16 bits per heavy atom. The summed E-state index contributed by atoms with van der Waals surface area (Å²) in [6.45, 7) is 6.63. The molecule has 1 fully saturated rings. The molecule has 0 aliphatic heterocycles. The van der Waals surface area contributed by atoms with E-state index in [9.17, 15) is 9.90 Å². The highest BCUT2D eigenvalue weighted by Gasteiger charge is 2.29. The minimum Gasteiger partial charge on any atom is -0.394 e. The van der Waals surface area contributed by atoms with Gasteiger partial charge in [-0.1, -0.05) is 13.3 Å². The lowest BCUT2D eigenvalue weighted by molar-refractivity contribution is 0.161. The normalized spacial score (nSPS) is 19.9. The zero-order valence-corrected chi connectivity index (χ0v) is 12.7. The van der Waals surface area contributed by atoms with Gasteiger partial charge in [-0.3, -0.25) is 4.90 Å². The maximum absolute atomic E-state index is 11.9. The highest BCUT2D eigenvalue weighted by molar-refractivity contribution is 5.74. The molecule has 0 spiro atoms. The van der Waals surface area contributed by atoms with Crippen LogP contribution in [0.1, 0.15) is 46.5 Å². The SMILES string of the molecule is CCCC(C)(CO)NC(=O)NCC(C)N(C)C1CC1. The number of hydrogen-bond donors (Lipinski definition) is 3. The summed E-state index contributed by atoms with van der Waals surface area (Å²) in [6.07, 6.45) is 4.24. The van der Waals surface area contributed by atoms with Gasteiger partial charge in [0, 0.05) is 18.6 Å². The Morgan fingerprint density at radius 3 is 2.63 bits per heavy atom. The summed E-state index contributed by atoms with van der Waals surface area (Å²) in [6, 6.07) is 0.841. The Hall–Kier alpha value is -0.810. The zero-order chi connectivity index (χ0) is 14.5. The number of aliphatic hydroxyl groups excluding tert-OH is 1. The smallest absolute Gasteiger partial charge is 0.315 e. The van der Waals surface area contributed by atoms with Crippen LogP contribution in [0.3, 0.4) is 0 Å². The van der Waals surface area contributed by atoms with Crippen LogP contribution in [-0.4, -0.2) is 53.9 Å². The maximum atomic E-state index is 11.9. The first kappa shape index (κ1) is 16.2. The number of rotatable bonds is 8. The Labute approximate surface area is 116 Å². The van der Waals surface area contributed by atoms with Crippen molar-refractivity contribution in [2.24, 2.45) is 0 Å². The van der Waals surface area contributed by atoms with Crippen molar-refractivity contribution in [2.45, 2.75) is 64.1 Å². The van der Waals surface area contributed by atoms with Crippen LogP contribution in [0.15, 0.2) is 0 Å². The number of aliphatic hydroxyl groups is 1. The molecular weight excluding hydrogens is 242 g/mol. The molecule has 1 saturated carbocycles. The highest BCUT2D eigenvalue weighted by Crippen LogP contribution is 2.26. The quantitative estimate of drug-likeness (QED) is 0.624. The van der Waals surface area contributed by atoms with E-state index >= 15 is 0 Å². The van der Waals surface area contributed by atoms with Crippen LogP contribution in [0, 0.1) is 0 Å². The van der Waals surface area contributed by atoms with Crippen LogP contribution >= 0.6 is 0 Å². The van der Waals surface area contributed by atoms with Crippen LogP contribution < -0.4 is 10.6 Å². The van der Waals surface area contributed by atoms with Gasteiger partial charge in [0.05, 0.1) is 12.1 Å². The van der Waals surface area contributed by atoms with E-state index < -0.39 is 5.54 Å². The largest absolute Gasteiger partial charge is 0.394 e. The fourth-order valence-corrected chi connectivity index (χ4v) is 2.28. The molecule has 2 amide bonds. The Morgan fingerprint density at radius 1 is 1.53 bits per heavy atom. The van der Waals surface area contributed by atoms with E-state index in [1.807, 2.05) is 13.8 Å². The summed E-state index contributed by atoms with van der Waals surface area (Å²) >= 11 is 0. The molecule has 0 heterocycles. The van der Waals surface area contributed by atoms with Gasteiger partial charge in [0.15, 0.2) is 0 Å². The van der Waals surface area contributed by atoms with Gasteiger partial charge in [-0.15, -0.1) is 0 Å². The highest BCUT2D eigenvalue weighted by atomic mass is 16.3. The zero-order valence-electron chi connectivity index (χ0n) is 12.7. The number of nitrogens with one attached hydrogen (secondary N) is 2. The second-order valence-electron chi connectivity index (χ2n) is 6.05. The van der Waals surface area contributed by atoms with Gasteiger partial charge >= 0.3 is 6.03 Å². The van der Waals surface area contributed by atoms with E-state index in [-0.39, 0.29) is 12.6 Å². The molecule has 0 radical (unpaired) electrons. The van der Waals surface area contributed by atoms with Crippen molar-refractivity contribution in [3.63, 3.8) is 0 Å². The van der Waals surface area contributed by atoms with Crippen LogP contribution in [-0.2, 0) is 0 Å². The van der Waals surface area contributed by atoms with Crippen LogP contribution in [0.4, 0.5) is 4.79 Å². The predicted octanol–water partition coefficient (Wildman–Crippen LogP) is 1.32. The molecule has 0 saturated heterocycles. The molecule has 1 aliphatic carbocycles.